The van der Waals surface area contributed by atoms with Crippen molar-refractivity contribution in [1.29, 1.82) is 0 Å². The molecule has 0 aliphatic rings. The number of aromatic nitrogens is 1. The first-order valence-corrected chi connectivity index (χ1v) is 7.45. The predicted molar refractivity (Wildman–Crippen MR) is 87.1 cm³/mol. The standard InChI is InChI=1S/C19H18N2O/c1-15(16-8-3-2-4-9-16)20-19(22)14-21-13-7-11-17-10-5-6-12-18(17)21/h2-13,15H,14H2,1H3/p+1/t15-/m0/s1. The van der Waals surface area contributed by atoms with Crippen LogP contribution in [0, 0.1) is 0 Å². The van der Waals surface area contributed by atoms with Crippen LogP contribution in [0.3, 0.4) is 0 Å². The zero-order valence-corrected chi connectivity index (χ0v) is 12.6. The van der Waals surface area contributed by atoms with Crippen LogP contribution < -0.4 is 9.88 Å². The van der Waals surface area contributed by atoms with Crippen LogP contribution in [0.15, 0.2) is 72.9 Å². The number of fused-ring (bicyclic) bond motifs is 1. The van der Waals surface area contributed by atoms with E-state index >= 15 is 0 Å². The molecule has 0 aliphatic carbocycles. The second-order valence-corrected chi connectivity index (χ2v) is 5.39. The summed E-state index contributed by atoms with van der Waals surface area (Å²) in [5.41, 5.74) is 2.17. The third-order valence-corrected chi connectivity index (χ3v) is 3.78. The Hall–Kier alpha value is -2.68. The summed E-state index contributed by atoms with van der Waals surface area (Å²) < 4.78 is 1.97. The summed E-state index contributed by atoms with van der Waals surface area (Å²) in [5, 5.41) is 4.18. The van der Waals surface area contributed by atoms with Crippen LogP contribution in [0.1, 0.15) is 18.5 Å². The Balaban J connectivity index is 1.74. The minimum absolute atomic E-state index is 0.00396. The Kier molecular flexibility index (Phi) is 4.15. The van der Waals surface area contributed by atoms with Gasteiger partial charge in [0, 0.05) is 17.5 Å². The second-order valence-electron chi connectivity index (χ2n) is 5.39. The van der Waals surface area contributed by atoms with Crippen LogP contribution in [0.4, 0.5) is 0 Å². The van der Waals surface area contributed by atoms with Crippen molar-refractivity contribution in [2.75, 3.05) is 0 Å². The van der Waals surface area contributed by atoms with E-state index < -0.39 is 0 Å². The van der Waals surface area contributed by atoms with Crippen LogP contribution >= 0.6 is 0 Å². The van der Waals surface area contributed by atoms with E-state index in [2.05, 4.69) is 17.4 Å². The highest BCUT2D eigenvalue weighted by molar-refractivity contribution is 5.77. The zero-order chi connectivity index (χ0) is 15.4. The van der Waals surface area contributed by atoms with Crippen LogP contribution in [0.5, 0.6) is 0 Å². The molecule has 3 aromatic rings. The number of amides is 1. The van der Waals surface area contributed by atoms with Crippen LogP contribution in [-0.2, 0) is 11.3 Å². The third-order valence-electron chi connectivity index (χ3n) is 3.78. The maximum absolute atomic E-state index is 12.3. The lowest BCUT2D eigenvalue weighted by molar-refractivity contribution is -0.658. The summed E-state index contributed by atoms with van der Waals surface area (Å²) in [6, 6.07) is 22.1. The maximum atomic E-state index is 12.3. The highest BCUT2D eigenvalue weighted by Gasteiger charge is 2.15. The van der Waals surface area contributed by atoms with Crippen molar-refractivity contribution in [3.8, 4) is 0 Å². The topological polar surface area (TPSA) is 33.0 Å². The lowest BCUT2D eigenvalue weighted by atomic mass is 10.1. The number of hydrogen-bond donors (Lipinski definition) is 1. The molecule has 0 unspecified atom stereocenters. The van der Waals surface area contributed by atoms with Crippen molar-refractivity contribution in [3.63, 3.8) is 0 Å². The van der Waals surface area contributed by atoms with Gasteiger partial charge in [0.1, 0.15) is 0 Å². The molecule has 3 nitrogen and oxygen atoms in total. The summed E-state index contributed by atoms with van der Waals surface area (Å²) in [4.78, 5) is 12.3. The van der Waals surface area contributed by atoms with Gasteiger partial charge in [-0.05, 0) is 24.6 Å². The van der Waals surface area contributed by atoms with Crippen molar-refractivity contribution in [2.24, 2.45) is 0 Å². The molecule has 22 heavy (non-hydrogen) atoms. The summed E-state index contributed by atoms with van der Waals surface area (Å²) in [5.74, 6) is 0.0118. The molecule has 0 saturated carbocycles. The van der Waals surface area contributed by atoms with Crippen molar-refractivity contribution >= 4 is 16.8 Å². The maximum Gasteiger partial charge on any atom is 0.286 e. The SMILES string of the molecule is C[C@H](NC(=O)C[n+]1cccc2ccccc21)c1ccccc1. The van der Waals surface area contributed by atoms with Gasteiger partial charge in [0.2, 0.25) is 12.1 Å². The molecule has 0 aliphatic heterocycles. The number of rotatable bonds is 4. The second kappa shape index (κ2) is 6.39. The molecule has 2 aromatic carbocycles. The Bertz CT molecular complexity index is 778. The predicted octanol–water partition coefficient (Wildman–Crippen LogP) is 3.00. The molecular weight excluding hydrogens is 272 g/mol. The Morgan fingerprint density at radius 1 is 1.00 bits per heavy atom. The van der Waals surface area contributed by atoms with Crippen molar-refractivity contribution < 1.29 is 9.36 Å². The van der Waals surface area contributed by atoms with Gasteiger partial charge in [-0.1, -0.05) is 42.5 Å². The molecule has 1 atom stereocenters. The van der Waals surface area contributed by atoms with Gasteiger partial charge in [-0.25, -0.2) is 0 Å². The normalized spacial score (nSPS) is 12.0. The molecule has 0 saturated heterocycles. The summed E-state index contributed by atoms with van der Waals surface area (Å²) in [7, 11) is 0. The van der Waals surface area contributed by atoms with E-state index in [1.54, 1.807) is 0 Å². The largest absolute Gasteiger partial charge is 0.344 e. The highest BCUT2D eigenvalue weighted by atomic mass is 16.2. The van der Waals surface area contributed by atoms with Gasteiger partial charge < -0.3 is 5.32 Å². The van der Waals surface area contributed by atoms with Crippen molar-refractivity contribution in [2.45, 2.75) is 19.5 Å². The average Bonchev–Trinajstić information content (AvgIpc) is 2.56. The first-order valence-electron chi connectivity index (χ1n) is 7.45. The van der Waals surface area contributed by atoms with E-state index in [4.69, 9.17) is 0 Å². The minimum Gasteiger partial charge on any atom is -0.344 e. The first-order chi connectivity index (χ1) is 10.7. The van der Waals surface area contributed by atoms with Gasteiger partial charge in [-0.2, -0.15) is 4.57 Å². The van der Waals surface area contributed by atoms with Crippen LogP contribution in [-0.4, -0.2) is 5.91 Å². The number of nitrogens with one attached hydrogen (secondary N) is 1. The number of carbonyl (C=O) groups excluding carboxylic acids is 1. The molecule has 1 N–H and O–H groups in total. The zero-order valence-electron chi connectivity index (χ0n) is 12.6. The number of carbonyl (C=O) groups is 1. The van der Waals surface area contributed by atoms with Gasteiger partial charge in [0.25, 0.3) is 5.91 Å². The quantitative estimate of drug-likeness (QED) is 0.736. The van der Waals surface area contributed by atoms with Gasteiger partial charge in [0.15, 0.2) is 6.20 Å². The highest BCUT2D eigenvalue weighted by Crippen LogP contribution is 2.11. The van der Waals surface area contributed by atoms with E-state index in [0.29, 0.717) is 6.54 Å². The Morgan fingerprint density at radius 3 is 2.50 bits per heavy atom. The Morgan fingerprint density at radius 2 is 1.68 bits per heavy atom. The minimum atomic E-state index is 0.00396. The smallest absolute Gasteiger partial charge is 0.286 e. The first kappa shape index (κ1) is 14.3. The molecule has 3 rings (SSSR count). The fraction of sp³-hybridized carbons (Fsp3) is 0.158. The molecule has 0 bridgehead atoms. The summed E-state index contributed by atoms with van der Waals surface area (Å²) in [6.45, 7) is 2.32. The van der Waals surface area contributed by atoms with Gasteiger partial charge >= 0.3 is 0 Å². The molecule has 1 amide bonds. The molecule has 0 radical (unpaired) electrons. The van der Waals surface area contributed by atoms with E-state index in [1.165, 1.54) is 0 Å². The van der Waals surface area contributed by atoms with Gasteiger partial charge in [0.05, 0.1) is 6.04 Å². The molecule has 3 heteroatoms. The molecule has 0 spiro atoms. The molecule has 110 valence electrons. The molecular formula is C19H19N2O+. The monoisotopic (exact) mass is 291 g/mol. The Labute approximate surface area is 130 Å². The number of benzene rings is 2. The van der Waals surface area contributed by atoms with Crippen molar-refractivity contribution in [1.82, 2.24) is 5.32 Å². The number of para-hydroxylation sites is 1. The van der Waals surface area contributed by atoms with E-state index in [9.17, 15) is 4.79 Å². The van der Waals surface area contributed by atoms with E-state index in [-0.39, 0.29) is 11.9 Å². The fourth-order valence-electron chi connectivity index (χ4n) is 2.63. The summed E-state index contributed by atoms with van der Waals surface area (Å²) in [6.07, 6.45) is 1.94. The number of pyridine rings is 1. The molecule has 1 aromatic heterocycles. The third kappa shape index (κ3) is 3.14. The summed E-state index contributed by atoms with van der Waals surface area (Å²) >= 11 is 0. The van der Waals surface area contributed by atoms with Gasteiger partial charge in [-0.15, -0.1) is 0 Å². The van der Waals surface area contributed by atoms with E-state index in [1.807, 2.05) is 72.3 Å². The lowest BCUT2D eigenvalue weighted by Crippen LogP contribution is -2.43. The average molecular weight is 291 g/mol. The number of nitrogens with zero attached hydrogens (tertiary/aromatic N) is 1. The van der Waals surface area contributed by atoms with Crippen molar-refractivity contribution in [3.05, 3.63) is 78.5 Å². The fourth-order valence-corrected chi connectivity index (χ4v) is 2.63. The van der Waals surface area contributed by atoms with Gasteiger partial charge in [-0.3, -0.25) is 4.79 Å². The van der Waals surface area contributed by atoms with Crippen LogP contribution in [0.2, 0.25) is 0 Å². The molecule has 0 fully saturated rings. The lowest BCUT2D eigenvalue weighted by Gasteiger charge is -2.13. The number of hydrogen-bond acceptors (Lipinski definition) is 1. The van der Waals surface area contributed by atoms with Crippen LogP contribution in [0.25, 0.3) is 10.9 Å². The molecule has 1 heterocycles. The van der Waals surface area contributed by atoms with E-state index in [0.717, 1.165) is 16.5 Å².